The summed E-state index contributed by atoms with van der Waals surface area (Å²) >= 11 is 5.99. The van der Waals surface area contributed by atoms with Crippen molar-refractivity contribution < 1.29 is 4.79 Å². The molecule has 0 radical (unpaired) electrons. The number of nitrogens with zero attached hydrogens (tertiary/aromatic N) is 4. The van der Waals surface area contributed by atoms with Crippen LogP contribution in [0.4, 0.5) is 5.69 Å². The van der Waals surface area contributed by atoms with Crippen molar-refractivity contribution in [2.45, 2.75) is 0 Å². The molecule has 0 saturated carbocycles. The first kappa shape index (κ1) is 11.1. The number of primary amides is 1. The molecule has 18 heavy (non-hydrogen) atoms. The van der Waals surface area contributed by atoms with Crippen LogP contribution < -0.4 is 10.3 Å². The van der Waals surface area contributed by atoms with Gasteiger partial charge in [0.25, 0.3) is 11.7 Å². The molecule has 1 aromatic rings. The van der Waals surface area contributed by atoms with Crippen molar-refractivity contribution in [3.05, 3.63) is 34.4 Å². The van der Waals surface area contributed by atoms with Crippen LogP contribution in [-0.2, 0) is 4.79 Å². The molecule has 0 bridgehead atoms. The van der Waals surface area contributed by atoms with E-state index in [0.717, 1.165) is 11.3 Å². The molecular formula is C11H9ClN5O+. The van der Waals surface area contributed by atoms with Crippen LogP contribution >= 0.6 is 11.6 Å². The van der Waals surface area contributed by atoms with Gasteiger partial charge in [0.1, 0.15) is 12.6 Å². The number of carbonyl (C=O) groups is 1. The van der Waals surface area contributed by atoms with E-state index in [-0.39, 0.29) is 4.59 Å². The monoisotopic (exact) mass is 262 g/mol. The molecule has 7 heteroatoms. The Hall–Kier alpha value is -2.05. The second-order valence-electron chi connectivity index (χ2n) is 4.19. The van der Waals surface area contributed by atoms with Gasteiger partial charge in [0.2, 0.25) is 0 Å². The second-order valence-corrected chi connectivity index (χ2v) is 4.62. The number of quaternary nitrogens is 1. The molecular weight excluding hydrogens is 254 g/mol. The van der Waals surface area contributed by atoms with Gasteiger partial charge in [-0.1, -0.05) is 21.3 Å². The lowest BCUT2D eigenvalue weighted by molar-refractivity contribution is -0.114. The van der Waals surface area contributed by atoms with Crippen molar-refractivity contribution in [2.75, 3.05) is 7.05 Å². The smallest absolute Gasteiger partial charge is 0.294 e. The van der Waals surface area contributed by atoms with Crippen molar-refractivity contribution in [1.82, 2.24) is 4.59 Å². The molecule has 2 heterocycles. The average Bonchev–Trinajstić information content (AvgIpc) is 2.71. The summed E-state index contributed by atoms with van der Waals surface area (Å²) in [6.07, 6.45) is 1.68. The number of nitrogens with two attached hydrogens (primary N) is 1. The number of hydrogen-bond acceptors (Lipinski definition) is 4. The van der Waals surface area contributed by atoms with Gasteiger partial charge >= 0.3 is 0 Å². The third-order valence-electron chi connectivity index (χ3n) is 3.04. The van der Waals surface area contributed by atoms with Crippen LogP contribution in [0.1, 0.15) is 5.56 Å². The molecule has 90 valence electrons. The molecule has 2 aliphatic heterocycles. The molecule has 6 nitrogen and oxygen atoms in total. The van der Waals surface area contributed by atoms with Crippen molar-refractivity contribution in [3.63, 3.8) is 0 Å². The maximum absolute atomic E-state index is 11.5. The summed E-state index contributed by atoms with van der Waals surface area (Å²) in [7, 11) is 1.78. The molecule has 0 saturated heterocycles. The molecule has 1 aromatic carbocycles. The van der Waals surface area contributed by atoms with Gasteiger partial charge in [-0.2, -0.15) is 0 Å². The van der Waals surface area contributed by atoms with E-state index in [1.165, 1.54) is 0 Å². The molecule has 0 fully saturated rings. The summed E-state index contributed by atoms with van der Waals surface area (Å²) in [6.45, 7) is 0. The number of amides is 1. The molecule has 2 aliphatic rings. The van der Waals surface area contributed by atoms with Gasteiger partial charge in [-0.3, -0.25) is 4.79 Å². The number of fused-ring (bicyclic) bond motifs is 3. The van der Waals surface area contributed by atoms with E-state index in [4.69, 9.17) is 17.3 Å². The topological polar surface area (TPSA) is 80.2 Å². The van der Waals surface area contributed by atoms with Gasteiger partial charge in [-0.05, 0) is 18.2 Å². The summed E-state index contributed by atoms with van der Waals surface area (Å²) in [6, 6.07) is 5.34. The van der Waals surface area contributed by atoms with E-state index in [1.54, 1.807) is 25.3 Å². The van der Waals surface area contributed by atoms with Crippen molar-refractivity contribution in [1.29, 1.82) is 0 Å². The van der Waals surface area contributed by atoms with Crippen LogP contribution in [-0.4, -0.2) is 18.8 Å². The third kappa shape index (κ3) is 1.33. The van der Waals surface area contributed by atoms with Crippen LogP contribution in [0.3, 0.4) is 0 Å². The van der Waals surface area contributed by atoms with E-state index in [1.807, 2.05) is 6.07 Å². The Morgan fingerprint density at radius 2 is 2.22 bits per heavy atom. The minimum absolute atomic E-state index is 0.0370. The van der Waals surface area contributed by atoms with Crippen LogP contribution in [0.5, 0.6) is 0 Å². The van der Waals surface area contributed by atoms with Gasteiger partial charge in [0, 0.05) is 21.9 Å². The van der Waals surface area contributed by atoms with Gasteiger partial charge in [0.15, 0.2) is 5.69 Å². The Kier molecular flexibility index (Phi) is 2.13. The van der Waals surface area contributed by atoms with Gasteiger partial charge in [0.05, 0.1) is 5.22 Å². The standard InChI is InChI=1S/C11H8ClN5O/c1-17-9-5-7(12)3-2-6(9)4-8(10(13)18)11(17)14-15-16-17/h2-5H,1H3,(H-,13,18)/p+1. The van der Waals surface area contributed by atoms with Crippen molar-refractivity contribution in [2.24, 2.45) is 21.3 Å². The first-order chi connectivity index (χ1) is 8.52. The highest BCUT2D eigenvalue weighted by Crippen LogP contribution is 2.39. The molecule has 1 unspecified atom stereocenters. The summed E-state index contributed by atoms with van der Waals surface area (Å²) in [5.74, 6) is -0.136. The fourth-order valence-electron chi connectivity index (χ4n) is 2.14. The molecule has 3 rings (SSSR count). The van der Waals surface area contributed by atoms with E-state index in [2.05, 4.69) is 15.5 Å². The zero-order valence-corrected chi connectivity index (χ0v) is 10.2. The van der Waals surface area contributed by atoms with E-state index >= 15 is 0 Å². The highest BCUT2D eigenvalue weighted by atomic mass is 35.5. The maximum atomic E-state index is 11.5. The largest absolute Gasteiger partial charge is 0.365 e. The number of carbonyl (C=O) groups excluding carboxylic acids is 1. The number of amidine groups is 1. The molecule has 2 N–H and O–H groups in total. The fraction of sp³-hybridized carbons (Fsp3) is 0.0909. The van der Waals surface area contributed by atoms with E-state index in [0.29, 0.717) is 16.4 Å². The lowest BCUT2D eigenvalue weighted by Gasteiger charge is -2.27. The summed E-state index contributed by atoms with van der Waals surface area (Å²) in [5.41, 5.74) is 7.32. The Morgan fingerprint density at radius 3 is 2.94 bits per heavy atom. The molecule has 0 aromatic heterocycles. The van der Waals surface area contributed by atoms with Gasteiger partial charge in [-0.15, -0.1) is 0 Å². The molecule has 0 aliphatic carbocycles. The lowest BCUT2D eigenvalue weighted by atomic mass is 10.0. The summed E-state index contributed by atoms with van der Waals surface area (Å²) in [5, 5.41) is 12.2. The highest BCUT2D eigenvalue weighted by molar-refractivity contribution is 6.32. The van der Waals surface area contributed by atoms with Crippen molar-refractivity contribution in [3.8, 4) is 0 Å². The SMILES string of the molecule is C[N+]12N=NN=C1C(C(N)=O)=Cc1ccc(Cl)cc12. The third-order valence-corrected chi connectivity index (χ3v) is 3.27. The van der Waals surface area contributed by atoms with Crippen LogP contribution in [0.15, 0.2) is 39.3 Å². The summed E-state index contributed by atoms with van der Waals surface area (Å²) < 4.78 is -0.0370. The van der Waals surface area contributed by atoms with Crippen molar-refractivity contribution >= 4 is 35.1 Å². The maximum Gasteiger partial charge on any atom is 0.294 e. The fourth-order valence-corrected chi connectivity index (χ4v) is 2.31. The minimum atomic E-state index is -0.550. The number of hydrogen-bond donors (Lipinski definition) is 1. The summed E-state index contributed by atoms with van der Waals surface area (Å²) in [4.78, 5) is 11.5. The van der Waals surface area contributed by atoms with E-state index in [9.17, 15) is 4.79 Å². The second kappa shape index (κ2) is 3.47. The zero-order valence-electron chi connectivity index (χ0n) is 9.46. The lowest BCUT2D eigenvalue weighted by Crippen LogP contribution is -2.48. The van der Waals surface area contributed by atoms with Crippen LogP contribution in [0, 0.1) is 0 Å². The average molecular weight is 263 g/mol. The Labute approximate surface area is 108 Å². The first-order valence-corrected chi connectivity index (χ1v) is 5.59. The number of halogens is 1. The molecule has 1 amide bonds. The van der Waals surface area contributed by atoms with Crippen LogP contribution in [0.2, 0.25) is 5.02 Å². The Morgan fingerprint density at radius 1 is 1.44 bits per heavy atom. The normalized spacial score (nSPS) is 24.1. The quantitative estimate of drug-likeness (QED) is 0.770. The minimum Gasteiger partial charge on any atom is -0.365 e. The molecule has 0 spiro atoms. The first-order valence-electron chi connectivity index (χ1n) is 5.22. The zero-order chi connectivity index (χ0) is 12.9. The van der Waals surface area contributed by atoms with E-state index < -0.39 is 5.91 Å². The van der Waals surface area contributed by atoms with Gasteiger partial charge in [-0.25, -0.2) is 0 Å². The number of rotatable bonds is 1. The Bertz CT molecular complexity index is 663. The molecule has 1 atom stereocenters. The predicted molar refractivity (Wildman–Crippen MR) is 68.6 cm³/mol. The number of likely N-dealkylation sites (N-methyl/N-ethyl adjacent to an activating group) is 1. The van der Waals surface area contributed by atoms with Gasteiger partial charge < -0.3 is 5.73 Å². The Balaban J connectivity index is 2.33. The number of benzene rings is 1. The predicted octanol–water partition coefficient (Wildman–Crippen LogP) is 1.85. The highest BCUT2D eigenvalue weighted by Gasteiger charge is 2.46. The van der Waals surface area contributed by atoms with Crippen LogP contribution in [0.25, 0.3) is 6.08 Å².